The highest BCUT2D eigenvalue weighted by Crippen LogP contribution is 2.22. The predicted molar refractivity (Wildman–Crippen MR) is 133 cm³/mol. The first-order chi connectivity index (χ1) is 15.4. The second kappa shape index (κ2) is 9.52. The summed E-state index contributed by atoms with van der Waals surface area (Å²) in [6, 6.07) is 20.9. The summed E-state index contributed by atoms with van der Waals surface area (Å²) in [6.45, 7) is 0. The summed E-state index contributed by atoms with van der Waals surface area (Å²) in [4.78, 5) is 24.8. The standard InChI is InChI=1S/C23H15BrClN3O3S/c24-14-5-10-18(25)17(12-14)21(29)28-23(32)27-16-8-6-15(7-9-16)26-22(30)20-11-13-3-1-2-4-19(13)31-20/h1-12H,(H,26,30)(H2,27,28,29,32). The molecule has 4 rings (SSSR count). The zero-order valence-electron chi connectivity index (χ0n) is 16.3. The second-order valence-corrected chi connectivity index (χ2v) is 8.44. The Morgan fingerprint density at radius 1 is 0.875 bits per heavy atom. The molecule has 0 radical (unpaired) electrons. The number of amides is 2. The lowest BCUT2D eigenvalue weighted by Gasteiger charge is -2.11. The average Bonchev–Trinajstić information content (AvgIpc) is 3.21. The number of carbonyl (C=O) groups is 2. The van der Waals surface area contributed by atoms with E-state index in [1.54, 1.807) is 54.6 Å². The number of para-hydroxylation sites is 1. The van der Waals surface area contributed by atoms with Crippen molar-refractivity contribution in [3.05, 3.63) is 93.6 Å². The molecule has 32 heavy (non-hydrogen) atoms. The predicted octanol–water partition coefficient (Wildman–Crippen LogP) is 6.23. The minimum absolute atomic E-state index is 0.116. The van der Waals surface area contributed by atoms with Crippen LogP contribution in [-0.2, 0) is 0 Å². The number of hydrogen-bond donors (Lipinski definition) is 3. The van der Waals surface area contributed by atoms with Gasteiger partial charge < -0.3 is 15.1 Å². The topological polar surface area (TPSA) is 83.4 Å². The highest BCUT2D eigenvalue weighted by Gasteiger charge is 2.14. The molecule has 9 heteroatoms. The van der Waals surface area contributed by atoms with Gasteiger partial charge in [-0.3, -0.25) is 14.9 Å². The third-order valence-electron chi connectivity index (χ3n) is 4.45. The maximum Gasteiger partial charge on any atom is 0.291 e. The van der Waals surface area contributed by atoms with Crippen molar-refractivity contribution < 1.29 is 14.0 Å². The van der Waals surface area contributed by atoms with Gasteiger partial charge >= 0.3 is 0 Å². The summed E-state index contributed by atoms with van der Waals surface area (Å²) in [5.74, 6) is -0.553. The smallest absolute Gasteiger partial charge is 0.291 e. The molecule has 6 nitrogen and oxygen atoms in total. The maximum atomic E-state index is 12.5. The van der Waals surface area contributed by atoms with Crippen LogP contribution in [0.4, 0.5) is 11.4 Å². The molecule has 0 fully saturated rings. The van der Waals surface area contributed by atoms with Crippen LogP contribution in [0.25, 0.3) is 11.0 Å². The zero-order valence-corrected chi connectivity index (χ0v) is 19.5. The Hall–Kier alpha value is -3.20. The first-order valence-corrected chi connectivity index (χ1v) is 10.9. The largest absolute Gasteiger partial charge is 0.451 e. The summed E-state index contributed by atoms with van der Waals surface area (Å²) in [5, 5.41) is 9.58. The Morgan fingerprint density at radius 2 is 1.56 bits per heavy atom. The van der Waals surface area contributed by atoms with Crippen LogP contribution in [0, 0.1) is 0 Å². The minimum atomic E-state index is -0.427. The van der Waals surface area contributed by atoms with Crippen molar-refractivity contribution in [2.24, 2.45) is 0 Å². The molecule has 0 saturated heterocycles. The van der Waals surface area contributed by atoms with E-state index in [2.05, 4.69) is 31.9 Å². The van der Waals surface area contributed by atoms with Gasteiger partial charge in [-0.05, 0) is 66.8 Å². The van der Waals surface area contributed by atoms with Crippen molar-refractivity contribution >= 4 is 79.0 Å². The fraction of sp³-hybridized carbons (Fsp3) is 0. The van der Waals surface area contributed by atoms with E-state index < -0.39 is 5.91 Å². The van der Waals surface area contributed by atoms with Gasteiger partial charge in [0.15, 0.2) is 10.9 Å². The number of anilines is 2. The summed E-state index contributed by atoms with van der Waals surface area (Å²) >= 11 is 14.6. The van der Waals surface area contributed by atoms with E-state index in [-0.39, 0.29) is 16.8 Å². The third-order valence-corrected chi connectivity index (χ3v) is 5.48. The van der Waals surface area contributed by atoms with E-state index >= 15 is 0 Å². The van der Waals surface area contributed by atoms with Gasteiger partial charge in [0.05, 0.1) is 10.6 Å². The molecule has 0 aliphatic heterocycles. The Morgan fingerprint density at radius 3 is 2.28 bits per heavy atom. The first-order valence-electron chi connectivity index (χ1n) is 9.36. The van der Waals surface area contributed by atoms with Crippen molar-refractivity contribution in [2.75, 3.05) is 10.6 Å². The van der Waals surface area contributed by atoms with Crippen molar-refractivity contribution in [3.8, 4) is 0 Å². The number of carbonyl (C=O) groups excluding carboxylic acids is 2. The van der Waals surface area contributed by atoms with Gasteiger partial charge in [-0.1, -0.05) is 45.7 Å². The first kappa shape index (κ1) is 22.0. The van der Waals surface area contributed by atoms with Crippen LogP contribution >= 0.6 is 39.7 Å². The fourth-order valence-corrected chi connectivity index (χ4v) is 3.70. The summed E-state index contributed by atoms with van der Waals surface area (Å²) < 4.78 is 6.30. The lowest BCUT2D eigenvalue weighted by atomic mass is 10.2. The molecule has 0 aliphatic carbocycles. The number of benzene rings is 3. The second-order valence-electron chi connectivity index (χ2n) is 6.71. The number of furan rings is 1. The van der Waals surface area contributed by atoms with Gasteiger partial charge in [0, 0.05) is 21.2 Å². The zero-order chi connectivity index (χ0) is 22.7. The lowest BCUT2D eigenvalue weighted by molar-refractivity contribution is 0.0975. The average molecular weight is 529 g/mol. The van der Waals surface area contributed by atoms with Crippen LogP contribution in [0.5, 0.6) is 0 Å². The molecule has 2 amide bonds. The molecule has 0 bridgehead atoms. The molecule has 160 valence electrons. The summed E-state index contributed by atoms with van der Waals surface area (Å²) in [6.07, 6.45) is 0. The Kier molecular flexibility index (Phi) is 6.55. The third kappa shape index (κ3) is 5.16. The number of hydrogen-bond acceptors (Lipinski definition) is 4. The normalized spacial score (nSPS) is 10.6. The van der Waals surface area contributed by atoms with E-state index in [9.17, 15) is 9.59 Å². The molecule has 0 spiro atoms. The summed E-state index contributed by atoms with van der Waals surface area (Å²) in [7, 11) is 0. The van der Waals surface area contributed by atoms with Crippen molar-refractivity contribution in [3.63, 3.8) is 0 Å². The highest BCUT2D eigenvalue weighted by molar-refractivity contribution is 9.10. The van der Waals surface area contributed by atoms with Crippen LogP contribution < -0.4 is 16.0 Å². The molecular formula is C23H15BrClN3O3S. The molecule has 0 saturated carbocycles. The van der Waals surface area contributed by atoms with Crippen LogP contribution in [0.15, 0.2) is 81.7 Å². The summed E-state index contributed by atoms with van der Waals surface area (Å²) in [5.41, 5.74) is 2.17. The quantitative estimate of drug-likeness (QED) is 0.274. The maximum absolute atomic E-state index is 12.5. The number of nitrogens with one attached hydrogen (secondary N) is 3. The molecule has 0 atom stereocenters. The van der Waals surface area contributed by atoms with E-state index in [4.69, 9.17) is 28.2 Å². The van der Waals surface area contributed by atoms with Gasteiger partial charge in [-0.15, -0.1) is 0 Å². The SMILES string of the molecule is O=C(Nc1ccc(NC(=S)NC(=O)c2cc(Br)ccc2Cl)cc1)c1cc2ccccc2o1. The van der Waals surface area contributed by atoms with Crippen molar-refractivity contribution in [2.45, 2.75) is 0 Å². The molecule has 1 aromatic heterocycles. The van der Waals surface area contributed by atoms with Crippen molar-refractivity contribution in [1.29, 1.82) is 0 Å². The molecule has 3 N–H and O–H groups in total. The van der Waals surface area contributed by atoms with E-state index in [0.717, 1.165) is 9.86 Å². The number of halogens is 2. The Bertz CT molecular complexity index is 1310. The number of thiocarbonyl (C=S) groups is 1. The van der Waals surface area contributed by atoms with E-state index in [1.165, 1.54) is 0 Å². The molecule has 4 aromatic rings. The van der Waals surface area contributed by atoms with Crippen LogP contribution in [0.3, 0.4) is 0 Å². The minimum Gasteiger partial charge on any atom is -0.451 e. The fourth-order valence-electron chi connectivity index (χ4n) is 2.93. The molecule has 0 aliphatic rings. The lowest BCUT2D eigenvalue weighted by Crippen LogP contribution is -2.34. The molecular weight excluding hydrogens is 514 g/mol. The van der Waals surface area contributed by atoms with E-state index in [1.807, 2.05) is 18.2 Å². The van der Waals surface area contributed by atoms with Crippen LogP contribution in [0.1, 0.15) is 20.9 Å². The number of fused-ring (bicyclic) bond motifs is 1. The monoisotopic (exact) mass is 527 g/mol. The van der Waals surface area contributed by atoms with Crippen LogP contribution in [-0.4, -0.2) is 16.9 Å². The highest BCUT2D eigenvalue weighted by atomic mass is 79.9. The van der Waals surface area contributed by atoms with Gasteiger partial charge in [-0.25, -0.2) is 0 Å². The van der Waals surface area contributed by atoms with Crippen molar-refractivity contribution in [1.82, 2.24) is 5.32 Å². The molecule has 3 aromatic carbocycles. The van der Waals surface area contributed by atoms with E-state index in [0.29, 0.717) is 27.5 Å². The van der Waals surface area contributed by atoms with Gasteiger partial charge in [-0.2, -0.15) is 0 Å². The van der Waals surface area contributed by atoms with Gasteiger partial charge in [0.2, 0.25) is 0 Å². The molecule has 0 unspecified atom stereocenters. The van der Waals surface area contributed by atoms with Gasteiger partial charge in [0.1, 0.15) is 5.58 Å². The Labute approximate surface area is 202 Å². The Balaban J connectivity index is 1.36. The van der Waals surface area contributed by atoms with Crippen LogP contribution in [0.2, 0.25) is 5.02 Å². The number of rotatable bonds is 4. The molecule has 1 heterocycles. The van der Waals surface area contributed by atoms with Gasteiger partial charge in [0.25, 0.3) is 11.8 Å².